The maximum absolute atomic E-state index is 10.7. The third-order valence-corrected chi connectivity index (χ3v) is 3.21. The zero-order valence-corrected chi connectivity index (χ0v) is 9.49. The number of hydrogen-bond donors (Lipinski definition) is 0. The Hall–Kier alpha value is -0.610. The minimum Gasteiger partial charge on any atom is -0.461 e. The molecule has 0 fully saturated rings. The molecule has 1 aromatic rings. The monoisotopic (exact) mass is 229 g/mol. The van der Waals surface area contributed by atoms with Crippen LogP contribution in [-0.2, 0) is 16.1 Å². The van der Waals surface area contributed by atoms with E-state index in [1.807, 2.05) is 30.5 Å². The Bertz CT molecular complexity index is 314. The lowest BCUT2D eigenvalue weighted by atomic mass is 10.2. The van der Waals surface area contributed by atoms with Gasteiger partial charge in [0, 0.05) is 13.2 Å². The number of carbonyl (C=O) groups excluding carboxylic acids is 1. The van der Waals surface area contributed by atoms with E-state index in [2.05, 4.69) is 0 Å². The van der Waals surface area contributed by atoms with Crippen LogP contribution in [0, 0.1) is 0 Å². The van der Waals surface area contributed by atoms with Crippen molar-refractivity contribution >= 4 is 27.6 Å². The summed E-state index contributed by atoms with van der Waals surface area (Å²) in [6.45, 7) is -0.0671. The van der Waals surface area contributed by atoms with Crippen LogP contribution in [0.5, 0.6) is 0 Å². The second-order valence-electron chi connectivity index (χ2n) is 2.55. The first kappa shape index (κ1) is 9.93. The van der Waals surface area contributed by atoms with Gasteiger partial charge in [-0.15, -0.1) is 0 Å². The first-order valence-corrected chi connectivity index (χ1v) is 6.56. The average Bonchev–Trinajstić information content (AvgIpc) is 2.28. The largest absolute Gasteiger partial charge is 0.461 e. The molecule has 0 N–H and O–H groups in total. The summed E-state index contributed by atoms with van der Waals surface area (Å²) in [5, 5.41) is 0. The third kappa shape index (κ3) is 4.07. The van der Waals surface area contributed by atoms with Gasteiger partial charge < -0.3 is 4.74 Å². The normalized spacial score (nSPS) is 10.8. The lowest BCUT2D eigenvalue weighted by Gasteiger charge is -2.02. The van der Waals surface area contributed by atoms with Crippen LogP contribution in [0.2, 0.25) is 0 Å². The van der Waals surface area contributed by atoms with E-state index in [9.17, 15) is 4.79 Å². The average molecular weight is 229 g/mol. The fraction of sp³-hybridized carbons (Fsp3) is 0.300. The van der Waals surface area contributed by atoms with Gasteiger partial charge in [0.05, 0.1) is 0 Å². The van der Waals surface area contributed by atoms with Crippen molar-refractivity contribution in [3.63, 3.8) is 0 Å². The molecule has 0 aromatic heterocycles. The van der Waals surface area contributed by atoms with Gasteiger partial charge in [-0.3, -0.25) is 4.79 Å². The molecule has 0 amide bonds. The van der Waals surface area contributed by atoms with Crippen molar-refractivity contribution in [3.8, 4) is 0 Å². The molecule has 1 rings (SSSR count). The summed E-state index contributed by atoms with van der Waals surface area (Å²) in [7, 11) is 3.38. The molecule has 0 saturated carbocycles. The van der Waals surface area contributed by atoms with Gasteiger partial charge in [-0.25, -0.2) is 0 Å². The van der Waals surface area contributed by atoms with Crippen LogP contribution >= 0.6 is 21.6 Å². The minimum atomic E-state index is -0.488. The molecule has 0 spiro atoms. The summed E-state index contributed by atoms with van der Waals surface area (Å²) in [6, 6.07) is 7.83. The van der Waals surface area contributed by atoms with Crippen molar-refractivity contribution in [1.82, 2.24) is 0 Å². The summed E-state index contributed by atoms with van der Waals surface area (Å²) < 4.78 is 11.6. The van der Waals surface area contributed by atoms with E-state index in [-0.39, 0.29) is 13.5 Å². The topological polar surface area (TPSA) is 26.3 Å². The number of carbonyl (C=O) groups is 1. The van der Waals surface area contributed by atoms with E-state index in [4.69, 9.17) is 6.11 Å². The number of ether oxygens (including phenoxy) is 1. The molecule has 4 heteroatoms. The predicted molar refractivity (Wildman–Crippen MR) is 61.3 cm³/mol. The quantitative estimate of drug-likeness (QED) is 0.585. The second kappa shape index (κ2) is 5.98. The lowest BCUT2D eigenvalue weighted by Crippen LogP contribution is -1.98. The van der Waals surface area contributed by atoms with Crippen molar-refractivity contribution in [2.45, 2.75) is 18.4 Å². The maximum Gasteiger partial charge on any atom is 0.302 e. The Morgan fingerprint density at radius 1 is 1.50 bits per heavy atom. The first-order chi connectivity index (χ1) is 7.26. The molecule has 76 valence electrons. The molecule has 0 heterocycles. The molecule has 0 aliphatic carbocycles. The highest BCUT2D eigenvalue weighted by Crippen LogP contribution is 2.28. The van der Waals surface area contributed by atoms with Gasteiger partial charge in [0.15, 0.2) is 0 Å². The first-order valence-electron chi connectivity index (χ1n) is 4.71. The standard InChI is InChI=1S/C10H12O2S2/c1-8(11)12-7-9-3-5-10(6-4-9)14-13-2/h3-6H,7H2,1-2H3/i1D. The fourth-order valence-corrected chi connectivity index (χ4v) is 2.25. The van der Waals surface area contributed by atoms with Crippen LogP contribution in [0.1, 0.15) is 13.8 Å². The summed E-state index contributed by atoms with van der Waals surface area (Å²) in [6.07, 6.45) is 2.02. The highest BCUT2D eigenvalue weighted by atomic mass is 33.1. The molecular formula is C10H12O2S2. The van der Waals surface area contributed by atoms with Crippen molar-refractivity contribution in [2.75, 3.05) is 6.26 Å². The van der Waals surface area contributed by atoms with E-state index >= 15 is 0 Å². The third-order valence-electron chi connectivity index (χ3n) is 1.50. The van der Waals surface area contributed by atoms with Crippen molar-refractivity contribution in [3.05, 3.63) is 29.8 Å². The van der Waals surface area contributed by atoms with Crippen molar-refractivity contribution < 1.29 is 10.9 Å². The Morgan fingerprint density at radius 2 is 2.21 bits per heavy atom. The molecule has 1 aromatic carbocycles. The van der Waals surface area contributed by atoms with Crippen LogP contribution in [0.3, 0.4) is 0 Å². The minimum absolute atomic E-state index is 0.252. The van der Waals surface area contributed by atoms with Crippen molar-refractivity contribution in [1.29, 1.82) is 0 Å². The second-order valence-corrected chi connectivity index (χ2v) is 5.03. The van der Waals surface area contributed by atoms with E-state index in [1.165, 1.54) is 4.90 Å². The van der Waals surface area contributed by atoms with Gasteiger partial charge in [-0.05, 0) is 24.0 Å². The summed E-state index contributed by atoms with van der Waals surface area (Å²) in [5.41, 5.74) is 0.947. The Labute approximate surface area is 93.2 Å². The van der Waals surface area contributed by atoms with E-state index < -0.39 is 5.97 Å². The molecule has 0 unspecified atom stereocenters. The highest BCUT2D eigenvalue weighted by molar-refractivity contribution is 8.76. The number of benzene rings is 1. The Kier molecular flexibility index (Phi) is 4.24. The molecule has 0 atom stereocenters. The maximum atomic E-state index is 10.7. The van der Waals surface area contributed by atoms with Crippen LogP contribution in [0.15, 0.2) is 29.2 Å². The van der Waals surface area contributed by atoms with Gasteiger partial charge in [0.25, 0.3) is 0 Å². The Balaban J connectivity index is 2.45. The number of hydrogen-bond acceptors (Lipinski definition) is 4. The Morgan fingerprint density at radius 3 is 2.79 bits per heavy atom. The van der Waals surface area contributed by atoms with Gasteiger partial charge in [-0.2, -0.15) is 0 Å². The van der Waals surface area contributed by atoms with E-state index in [0.717, 1.165) is 5.56 Å². The number of rotatable bonds is 4. The molecule has 2 nitrogen and oxygen atoms in total. The molecule has 0 saturated heterocycles. The predicted octanol–water partition coefficient (Wildman–Crippen LogP) is 3.12. The van der Waals surface area contributed by atoms with E-state index in [0.29, 0.717) is 0 Å². The molecule has 0 aliphatic rings. The summed E-state index contributed by atoms with van der Waals surface area (Å²) in [5.74, 6) is -0.488. The fourth-order valence-electron chi connectivity index (χ4n) is 0.901. The summed E-state index contributed by atoms with van der Waals surface area (Å²) >= 11 is 0. The van der Waals surface area contributed by atoms with Crippen LogP contribution in [0.25, 0.3) is 0 Å². The van der Waals surface area contributed by atoms with Crippen molar-refractivity contribution in [2.24, 2.45) is 0 Å². The lowest BCUT2D eigenvalue weighted by molar-refractivity contribution is -0.142. The van der Waals surface area contributed by atoms with Gasteiger partial charge in [0.2, 0.25) is 0 Å². The van der Waals surface area contributed by atoms with Crippen LogP contribution in [0.4, 0.5) is 0 Å². The highest BCUT2D eigenvalue weighted by Gasteiger charge is 1.97. The van der Waals surface area contributed by atoms with Gasteiger partial charge in [-0.1, -0.05) is 33.7 Å². The van der Waals surface area contributed by atoms with Crippen LogP contribution in [-0.4, -0.2) is 12.2 Å². The molecule has 0 aliphatic heterocycles. The van der Waals surface area contributed by atoms with Gasteiger partial charge in [0.1, 0.15) is 6.61 Å². The zero-order valence-electron chi connectivity index (χ0n) is 8.86. The smallest absolute Gasteiger partial charge is 0.302 e. The molecule has 0 radical (unpaired) electrons. The molecule has 0 bridgehead atoms. The molecule has 14 heavy (non-hydrogen) atoms. The summed E-state index contributed by atoms with van der Waals surface area (Å²) in [4.78, 5) is 11.9. The zero-order chi connectivity index (χ0) is 11.1. The SMILES string of the molecule is [2H]CC(=O)OCc1ccc(SSC)cc1. The van der Waals surface area contributed by atoms with E-state index in [1.54, 1.807) is 21.6 Å². The number of esters is 1. The molecular weight excluding hydrogens is 216 g/mol. The van der Waals surface area contributed by atoms with Gasteiger partial charge >= 0.3 is 5.97 Å². The van der Waals surface area contributed by atoms with Crippen LogP contribution < -0.4 is 0 Å².